The molecule has 4 rings (SSSR count). The maximum Gasteiger partial charge on any atom is 0.338 e. The van der Waals surface area contributed by atoms with Gasteiger partial charge in [-0.1, -0.05) is 35.9 Å². The molecular formula is C21H18ClN3O5. The number of hydrogen-bond donors (Lipinski definition) is 2. The summed E-state index contributed by atoms with van der Waals surface area (Å²) in [6.45, 7) is -0.373. The van der Waals surface area contributed by atoms with Gasteiger partial charge in [-0.15, -0.1) is 0 Å². The van der Waals surface area contributed by atoms with Gasteiger partial charge < -0.3 is 20.1 Å². The van der Waals surface area contributed by atoms with Crippen molar-refractivity contribution in [2.24, 2.45) is 0 Å². The largest absolute Gasteiger partial charge is 0.495 e. The summed E-state index contributed by atoms with van der Waals surface area (Å²) in [5.41, 5.74) is 1.79. The number of cyclic esters (lactones) is 1. The summed E-state index contributed by atoms with van der Waals surface area (Å²) in [6.07, 6.45) is 0. The zero-order chi connectivity index (χ0) is 21.3. The number of ether oxygens (including phenoxy) is 2. The van der Waals surface area contributed by atoms with Crippen LogP contribution in [0.1, 0.15) is 11.6 Å². The zero-order valence-corrected chi connectivity index (χ0v) is 16.7. The van der Waals surface area contributed by atoms with Crippen molar-refractivity contribution in [3.8, 4) is 5.75 Å². The summed E-state index contributed by atoms with van der Waals surface area (Å²) in [6, 6.07) is 12.6. The lowest BCUT2D eigenvalue weighted by molar-refractivity contribution is -0.136. The Bertz CT molecular complexity index is 1070. The van der Waals surface area contributed by atoms with Crippen LogP contribution in [0.5, 0.6) is 5.75 Å². The molecule has 2 aliphatic heterocycles. The Morgan fingerprint density at radius 1 is 1.27 bits per heavy atom. The fourth-order valence-corrected chi connectivity index (χ4v) is 3.69. The van der Waals surface area contributed by atoms with E-state index in [2.05, 4.69) is 10.6 Å². The van der Waals surface area contributed by atoms with E-state index < -0.39 is 23.9 Å². The van der Waals surface area contributed by atoms with Gasteiger partial charge in [-0.2, -0.15) is 0 Å². The van der Waals surface area contributed by atoms with E-state index in [9.17, 15) is 14.4 Å². The first-order valence-electron chi connectivity index (χ1n) is 9.14. The molecule has 2 heterocycles. The standard InChI is InChI=1S/C21H18ClN3O5/c1-29-16-8-3-2-7-14(16)23-17(26)10-25-15-11-30-20(27)18(15)19(24-21(25)28)12-5-4-6-13(22)9-12/h2-9,19H,10-11H2,1H3,(H,23,26)(H,24,28)/t19-/m1/s1. The number of rotatable bonds is 5. The molecule has 9 heteroatoms. The summed E-state index contributed by atoms with van der Waals surface area (Å²) in [5, 5.41) is 5.97. The first-order valence-corrected chi connectivity index (χ1v) is 9.52. The van der Waals surface area contributed by atoms with E-state index in [0.717, 1.165) is 0 Å². The molecule has 3 amide bonds. The van der Waals surface area contributed by atoms with Crippen LogP contribution in [0.3, 0.4) is 0 Å². The molecule has 30 heavy (non-hydrogen) atoms. The van der Waals surface area contributed by atoms with Crippen LogP contribution in [0.25, 0.3) is 0 Å². The molecular weight excluding hydrogens is 410 g/mol. The van der Waals surface area contributed by atoms with Crippen molar-refractivity contribution in [3.05, 3.63) is 70.4 Å². The van der Waals surface area contributed by atoms with Gasteiger partial charge in [-0.3, -0.25) is 9.69 Å². The van der Waals surface area contributed by atoms with Gasteiger partial charge in [0.05, 0.1) is 30.1 Å². The molecule has 2 aromatic carbocycles. The summed E-state index contributed by atoms with van der Waals surface area (Å²) in [4.78, 5) is 39.0. The minimum absolute atomic E-state index is 0.0827. The summed E-state index contributed by atoms with van der Waals surface area (Å²) in [7, 11) is 1.50. The van der Waals surface area contributed by atoms with Crippen LogP contribution in [0.2, 0.25) is 5.02 Å². The molecule has 154 valence electrons. The number of para-hydroxylation sites is 2. The summed E-state index contributed by atoms with van der Waals surface area (Å²) < 4.78 is 10.4. The maximum atomic E-state index is 12.8. The lowest BCUT2D eigenvalue weighted by Gasteiger charge is -2.32. The predicted molar refractivity (Wildman–Crippen MR) is 109 cm³/mol. The Morgan fingerprint density at radius 3 is 2.83 bits per heavy atom. The molecule has 0 bridgehead atoms. The number of carbonyl (C=O) groups excluding carboxylic acids is 3. The molecule has 8 nitrogen and oxygen atoms in total. The smallest absolute Gasteiger partial charge is 0.338 e. The number of methoxy groups -OCH3 is 1. The lowest BCUT2D eigenvalue weighted by Crippen LogP contribution is -2.49. The fraction of sp³-hybridized carbons (Fsp3) is 0.190. The number of hydrogen-bond acceptors (Lipinski definition) is 5. The van der Waals surface area contributed by atoms with Gasteiger partial charge >= 0.3 is 12.0 Å². The van der Waals surface area contributed by atoms with Crippen LogP contribution in [0.15, 0.2) is 59.8 Å². The second-order valence-corrected chi connectivity index (χ2v) is 7.15. The normalized spacial score (nSPS) is 17.9. The topological polar surface area (TPSA) is 97.0 Å². The van der Waals surface area contributed by atoms with Crippen LogP contribution in [0, 0.1) is 0 Å². The summed E-state index contributed by atoms with van der Waals surface area (Å²) in [5.74, 6) is -0.485. The molecule has 0 aromatic heterocycles. The highest BCUT2D eigenvalue weighted by Crippen LogP contribution is 2.35. The molecule has 0 spiro atoms. The number of anilines is 1. The van der Waals surface area contributed by atoms with Crippen LogP contribution in [0.4, 0.5) is 10.5 Å². The van der Waals surface area contributed by atoms with Crippen molar-refractivity contribution in [1.82, 2.24) is 10.2 Å². The first kappa shape index (κ1) is 19.8. The number of benzene rings is 2. The van der Waals surface area contributed by atoms with Crippen molar-refractivity contribution >= 4 is 35.2 Å². The van der Waals surface area contributed by atoms with Gasteiger partial charge in [0.25, 0.3) is 0 Å². The van der Waals surface area contributed by atoms with Gasteiger partial charge in [0.2, 0.25) is 5.91 Å². The number of urea groups is 1. The second kappa shape index (κ2) is 8.08. The highest BCUT2D eigenvalue weighted by atomic mass is 35.5. The van der Waals surface area contributed by atoms with Gasteiger partial charge in [0.15, 0.2) is 0 Å². The van der Waals surface area contributed by atoms with E-state index >= 15 is 0 Å². The van der Waals surface area contributed by atoms with E-state index in [1.165, 1.54) is 12.0 Å². The number of nitrogens with zero attached hydrogens (tertiary/aromatic N) is 1. The number of carbonyl (C=O) groups is 3. The highest BCUT2D eigenvalue weighted by molar-refractivity contribution is 6.30. The van der Waals surface area contributed by atoms with E-state index in [1.54, 1.807) is 48.5 Å². The van der Waals surface area contributed by atoms with E-state index in [0.29, 0.717) is 33.3 Å². The molecule has 1 atom stereocenters. The zero-order valence-electron chi connectivity index (χ0n) is 16.0. The minimum Gasteiger partial charge on any atom is -0.495 e. The minimum atomic E-state index is -0.699. The van der Waals surface area contributed by atoms with Crippen LogP contribution in [-0.4, -0.2) is 43.1 Å². The van der Waals surface area contributed by atoms with Crippen molar-refractivity contribution in [2.45, 2.75) is 6.04 Å². The second-order valence-electron chi connectivity index (χ2n) is 6.71. The van der Waals surface area contributed by atoms with Crippen LogP contribution in [-0.2, 0) is 14.3 Å². The van der Waals surface area contributed by atoms with Gasteiger partial charge in [0, 0.05) is 5.02 Å². The Kier molecular flexibility index (Phi) is 5.33. The Hall–Kier alpha value is -3.52. The average molecular weight is 428 g/mol. The number of esters is 1. The number of nitrogens with one attached hydrogen (secondary N) is 2. The molecule has 0 aliphatic carbocycles. The Labute approximate surface area is 177 Å². The highest BCUT2D eigenvalue weighted by Gasteiger charge is 2.42. The van der Waals surface area contributed by atoms with Crippen molar-refractivity contribution < 1.29 is 23.9 Å². The van der Waals surface area contributed by atoms with Crippen molar-refractivity contribution in [2.75, 3.05) is 25.6 Å². The molecule has 0 fully saturated rings. The molecule has 2 aliphatic rings. The third kappa shape index (κ3) is 3.69. The fourth-order valence-electron chi connectivity index (χ4n) is 3.50. The molecule has 2 N–H and O–H groups in total. The van der Waals surface area contributed by atoms with Crippen LogP contribution >= 0.6 is 11.6 Å². The van der Waals surface area contributed by atoms with E-state index in [1.807, 2.05) is 0 Å². The number of halogens is 1. The Balaban J connectivity index is 1.60. The number of amides is 3. The maximum absolute atomic E-state index is 12.8. The first-order chi connectivity index (χ1) is 14.5. The third-order valence-electron chi connectivity index (χ3n) is 4.86. The Morgan fingerprint density at radius 2 is 2.07 bits per heavy atom. The molecule has 0 saturated heterocycles. The SMILES string of the molecule is COc1ccccc1NC(=O)CN1C(=O)N[C@H](c2cccc(Cl)c2)C2=C1COC2=O. The van der Waals surface area contributed by atoms with Crippen LogP contribution < -0.4 is 15.4 Å². The lowest BCUT2D eigenvalue weighted by atomic mass is 9.96. The third-order valence-corrected chi connectivity index (χ3v) is 5.10. The molecule has 0 saturated carbocycles. The monoisotopic (exact) mass is 427 g/mol. The van der Waals surface area contributed by atoms with Gasteiger partial charge in [-0.05, 0) is 29.8 Å². The molecule has 0 radical (unpaired) electrons. The van der Waals surface area contributed by atoms with Crippen molar-refractivity contribution in [3.63, 3.8) is 0 Å². The quantitative estimate of drug-likeness (QED) is 0.715. The van der Waals surface area contributed by atoms with E-state index in [-0.39, 0.29) is 13.2 Å². The van der Waals surface area contributed by atoms with Gasteiger partial charge in [-0.25, -0.2) is 9.59 Å². The molecule has 0 unspecified atom stereocenters. The average Bonchev–Trinajstić information content (AvgIpc) is 3.12. The van der Waals surface area contributed by atoms with Gasteiger partial charge in [0.1, 0.15) is 18.9 Å². The molecule has 2 aromatic rings. The predicted octanol–water partition coefficient (Wildman–Crippen LogP) is 2.86. The van der Waals surface area contributed by atoms with E-state index in [4.69, 9.17) is 21.1 Å². The van der Waals surface area contributed by atoms with Crippen molar-refractivity contribution in [1.29, 1.82) is 0 Å². The summed E-state index contributed by atoms with van der Waals surface area (Å²) >= 11 is 6.06.